The highest BCUT2D eigenvalue weighted by atomic mass is 79.9. The Kier molecular flexibility index (Phi) is 3.70. The molecule has 1 heterocycles. The van der Waals surface area contributed by atoms with E-state index in [4.69, 9.17) is 0 Å². The summed E-state index contributed by atoms with van der Waals surface area (Å²) in [6, 6.07) is 10.2. The quantitative estimate of drug-likeness (QED) is 0.713. The number of benzene rings is 1. The maximum absolute atomic E-state index is 4.27. The third-order valence-electron chi connectivity index (χ3n) is 1.88. The molecule has 0 fully saturated rings. The summed E-state index contributed by atoms with van der Waals surface area (Å²) in [5, 5.41) is 2.12. The molecule has 2 aromatic rings. The van der Waals surface area contributed by atoms with Crippen molar-refractivity contribution in [1.82, 2.24) is 4.98 Å². The second-order valence-corrected chi connectivity index (χ2v) is 3.18. The van der Waals surface area contributed by atoms with Crippen molar-refractivity contribution in [2.45, 2.75) is 5.33 Å². The molecule has 0 spiro atoms. The molecule has 0 bridgehead atoms. The molecule has 0 unspecified atom stereocenters. The number of fused-ring (bicyclic) bond motifs is 1. The minimum Gasteiger partial charge on any atom is -0.256 e. The molecule has 0 atom stereocenters. The molecule has 0 saturated heterocycles. The number of halogens is 2. The van der Waals surface area contributed by atoms with E-state index < -0.39 is 0 Å². The van der Waals surface area contributed by atoms with Gasteiger partial charge < -0.3 is 0 Å². The van der Waals surface area contributed by atoms with Gasteiger partial charge in [0.2, 0.25) is 0 Å². The maximum Gasteiger partial charge on any atom is 0.0705 e. The number of hydrogen-bond acceptors (Lipinski definition) is 1. The highest BCUT2D eigenvalue weighted by Crippen LogP contribution is 2.17. The highest BCUT2D eigenvalue weighted by Gasteiger charge is 1.97. The third kappa shape index (κ3) is 2.01. The number of para-hydroxylation sites is 1. The van der Waals surface area contributed by atoms with Crippen molar-refractivity contribution >= 4 is 39.2 Å². The van der Waals surface area contributed by atoms with E-state index >= 15 is 0 Å². The van der Waals surface area contributed by atoms with Crippen LogP contribution in [0.5, 0.6) is 0 Å². The largest absolute Gasteiger partial charge is 0.256 e. The third-order valence-corrected chi connectivity index (χ3v) is 2.49. The zero-order chi connectivity index (χ0) is 8.39. The van der Waals surface area contributed by atoms with Crippen LogP contribution in [0.3, 0.4) is 0 Å². The van der Waals surface area contributed by atoms with Gasteiger partial charge in [0.1, 0.15) is 0 Å². The number of pyridine rings is 1. The van der Waals surface area contributed by atoms with Crippen molar-refractivity contribution in [2.75, 3.05) is 0 Å². The summed E-state index contributed by atoms with van der Waals surface area (Å²) in [7, 11) is 0. The number of aromatic nitrogens is 1. The summed E-state index contributed by atoms with van der Waals surface area (Å²) in [6.45, 7) is 0. The van der Waals surface area contributed by atoms with Crippen LogP contribution in [0, 0.1) is 0 Å². The van der Waals surface area contributed by atoms with E-state index in [2.05, 4.69) is 27.0 Å². The van der Waals surface area contributed by atoms with Crippen molar-refractivity contribution in [3.05, 3.63) is 42.1 Å². The van der Waals surface area contributed by atoms with Crippen LogP contribution >= 0.6 is 28.3 Å². The number of hydrogen-bond donors (Lipinski definition) is 0. The summed E-state index contributed by atoms with van der Waals surface area (Å²) in [4.78, 5) is 4.27. The molecule has 68 valence electrons. The SMILES string of the molecule is BrCc1ccnc2ccccc12.Cl. The van der Waals surface area contributed by atoms with Gasteiger partial charge in [0.05, 0.1) is 5.52 Å². The standard InChI is InChI=1S/C10H8BrN.ClH/c11-7-8-5-6-12-10-4-2-1-3-9(8)10;/h1-6H,7H2;1H. The molecule has 1 aromatic heterocycles. The lowest BCUT2D eigenvalue weighted by atomic mass is 10.1. The molecule has 0 aliphatic carbocycles. The van der Waals surface area contributed by atoms with Gasteiger partial charge in [-0.05, 0) is 17.7 Å². The van der Waals surface area contributed by atoms with E-state index in [9.17, 15) is 0 Å². The van der Waals surface area contributed by atoms with Gasteiger partial charge in [-0.25, -0.2) is 0 Å². The first kappa shape index (κ1) is 10.5. The Hall–Kier alpha value is -0.600. The normalized spacial score (nSPS) is 9.62. The van der Waals surface area contributed by atoms with Crippen molar-refractivity contribution in [3.8, 4) is 0 Å². The molecule has 0 radical (unpaired) electrons. The van der Waals surface area contributed by atoms with E-state index in [1.165, 1.54) is 10.9 Å². The predicted octanol–water partition coefficient (Wildman–Crippen LogP) is 3.55. The molecule has 0 N–H and O–H groups in total. The molecule has 0 aliphatic heterocycles. The van der Waals surface area contributed by atoms with Gasteiger partial charge in [-0.1, -0.05) is 34.1 Å². The second kappa shape index (κ2) is 4.58. The summed E-state index contributed by atoms with van der Waals surface area (Å²) in [5.41, 5.74) is 2.36. The molecule has 0 amide bonds. The van der Waals surface area contributed by atoms with Crippen molar-refractivity contribution in [2.24, 2.45) is 0 Å². The van der Waals surface area contributed by atoms with E-state index in [1.54, 1.807) is 0 Å². The Balaban J connectivity index is 0.000000845. The fraction of sp³-hybridized carbons (Fsp3) is 0.100. The Morgan fingerprint density at radius 3 is 2.69 bits per heavy atom. The summed E-state index contributed by atoms with van der Waals surface area (Å²) >= 11 is 3.45. The molecule has 2 rings (SSSR count). The second-order valence-electron chi connectivity index (χ2n) is 2.62. The first-order chi connectivity index (χ1) is 5.92. The Morgan fingerprint density at radius 1 is 1.15 bits per heavy atom. The highest BCUT2D eigenvalue weighted by molar-refractivity contribution is 9.08. The zero-order valence-corrected chi connectivity index (χ0v) is 9.31. The van der Waals surface area contributed by atoms with Crippen LogP contribution in [0.1, 0.15) is 5.56 Å². The van der Waals surface area contributed by atoms with Crippen LogP contribution < -0.4 is 0 Å². The van der Waals surface area contributed by atoms with Crippen LogP contribution in [0.15, 0.2) is 36.5 Å². The Labute approximate surface area is 91.7 Å². The molecule has 13 heavy (non-hydrogen) atoms. The fourth-order valence-corrected chi connectivity index (χ4v) is 1.76. The Bertz CT molecular complexity index is 398. The summed E-state index contributed by atoms with van der Waals surface area (Å²) in [5.74, 6) is 0. The molecular weight excluding hydrogens is 249 g/mol. The van der Waals surface area contributed by atoms with Crippen LogP contribution in [-0.2, 0) is 5.33 Å². The van der Waals surface area contributed by atoms with E-state index in [-0.39, 0.29) is 12.4 Å². The number of alkyl halides is 1. The monoisotopic (exact) mass is 257 g/mol. The van der Waals surface area contributed by atoms with E-state index in [0.29, 0.717) is 0 Å². The number of nitrogens with zero attached hydrogens (tertiary/aromatic N) is 1. The van der Waals surface area contributed by atoms with Crippen LogP contribution in [0.25, 0.3) is 10.9 Å². The Morgan fingerprint density at radius 2 is 1.92 bits per heavy atom. The summed E-state index contributed by atoms with van der Waals surface area (Å²) < 4.78 is 0. The minimum atomic E-state index is 0. The molecular formula is C10H9BrClN. The first-order valence-electron chi connectivity index (χ1n) is 3.80. The topological polar surface area (TPSA) is 12.9 Å². The first-order valence-corrected chi connectivity index (χ1v) is 4.92. The fourth-order valence-electron chi connectivity index (χ4n) is 1.27. The van der Waals surface area contributed by atoms with Gasteiger partial charge >= 0.3 is 0 Å². The van der Waals surface area contributed by atoms with Crippen LogP contribution in [0.2, 0.25) is 0 Å². The van der Waals surface area contributed by atoms with Crippen molar-refractivity contribution < 1.29 is 0 Å². The van der Waals surface area contributed by atoms with Crippen molar-refractivity contribution in [1.29, 1.82) is 0 Å². The number of rotatable bonds is 1. The van der Waals surface area contributed by atoms with Gasteiger partial charge in [-0.2, -0.15) is 0 Å². The average molecular weight is 259 g/mol. The molecule has 1 aromatic carbocycles. The zero-order valence-electron chi connectivity index (χ0n) is 6.90. The molecule has 0 saturated carbocycles. The molecule has 3 heteroatoms. The lowest BCUT2D eigenvalue weighted by molar-refractivity contribution is 1.36. The van der Waals surface area contributed by atoms with Gasteiger partial charge in [0, 0.05) is 16.9 Å². The predicted molar refractivity (Wildman–Crippen MR) is 61.6 cm³/mol. The van der Waals surface area contributed by atoms with Gasteiger partial charge in [0.25, 0.3) is 0 Å². The van der Waals surface area contributed by atoms with E-state index in [1.807, 2.05) is 30.5 Å². The van der Waals surface area contributed by atoms with Gasteiger partial charge in [-0.3, -0.25) is 4.98 Å². The minimum absolute atomic E-state index is 0. The van der Waals surface area contributed by atoms with Crippen molar-refractivity contribution in [3.63, 3.8) is 0 Å². The van der Waals surface area contributed by atoms with Crippen LogP contribution in [0.4, 0.5) is 0 Å². The molecule has 0 aliphatic rings. The maximum atomic E-state index is 4.27. The average Bonchev–Trinajstić information content (AvgIpc) is 2.17. The van der Waals surface area contributed by atoms with Gasteiger partial charge in [-0.15, -0.1) is 12.4 Å². The van der Waals surface area contributed by atoms with Gasteiger partial charge in [0.15, 0.2) is 0 Å². The van der Waals surface area contributed by atoms with Crippen LogP contribution in [-0.4, -0.2) is 4.98 Å². The molecule has 1 nitrogen and oxygen atoms in total. The van der Waals surface area contributed by atoms with E-state index in [0.717, 1.165) is 10.8 Å². The lowest BCUT2D eigenvalue weighted by Crippen LogP contribution is -1.83. The summed E-state index contributed by atoms with van der Waals surface area (Å²) in [6.07, 6.45) is 1.85. The smallest absolute Gasteiger partial charge is 0.0705 e. The lowest BCUT2D eigenvalue weighted by Gasteiger charge is -2.00.